The summed E-state index contributed by atoms with van der Waals surface area (Å²) in [7, 11) is 0. The molecule has 6 nitrogen and oxygen atoms in total. The summed E-state index contributed by atoms with van der Waals surface area (Å²) in [5.41, 5.74) is 0.423. The van der Waals surface area contributed by atoms with Crippen LogP contribution in [0.5, 0.6) is 5.75 Å². The van der Waals surface area contributed by atoms with E-state index in [1.165, 1.54) is 19.1 Å². The standard InChI is InChI=1S/C12H13NO5/c1-3-4-18-12(17)13-10-6-8(14)5-9(7(10)2)11(15)16/h3,5-6,14H,1,4H2,2H3,(H,13,17)(H,15,16). The number of hydrogen-bond donors (Lipinski definition) is 3. The minimum absolute atomic E-state index is 0.0372. The van der Waals surface area contributed by atoms with Crippen molar-refractivity contribution in [1.82, 2.24) is 0 Å². The van der Waals surface area contributed by atoms with E-state index in [1.807, 2.05) is 0 Å². The van der Waals surface area contributed by atoms with Gasteiger partial charge >= 0.3 is 12.1 Å². The molecule has 3 N–H and O–H groups in total. The van der Waals surface area contributed by atoms with E-state index < -0.39 is 12.1 Å². The van der Waals surface area contributed by atoms with E-state index in [0.717, 1.165) is 6.07 Å². The van der Waals surface area contributed by atoms with Gasteiger partial charge in [0.1, 0.15) is 12.4 Å². The van der Waals surface area contributed by atoms with Gasteiger partial charge in [-0.2, -0.15) is 0 Å². The maximum atomic E-state index is 11.3. The Hall–Kier alpha value is -2.50. The van der Waals surface area contributed by atoms with E-state index >= 15 is 0 Å². The van der Waals surface area contributed by atoms with E-state index in [2.05, 4.69) is 11.9 Å². The number of amides is 1. The van der Waals surface area contributed by atoms with Crippen LogP contribution < -0.4 is 5.32 Å². The molecule has 0 bridgehead atoms. The Morgan fingerprint density at radius 2 is 2.17 bits per heavy atom. The predicted octanol–water partition coefficient (Wildman–Crippen LogP) is 2.13. The van der Waals surface area contributed by atoms with Gasteiger partial charge in [0, 0.05) is 6.07 Å². The normalized spacial score (nSPS) is 9.61. The van der Waals surface area contributed by atoms with Crippen LogP contribution in [-0.2, 0) is 4.74 Å². The summed E-state index contributed by atoms with van der Waals surface area (Å²) in [6, 6.07) is 2.36. The SMILES string of the molecule is C=CCOC(=O)Nc1cc(O)cc(C(=O)O)c1C. The number of benzene rings is 1. The minimum Gasteiger partial charge on any atom is -0.508 e. The molecule has 96 valence electrons. The number of anilines is 1. The zero-order valence-corrected chi connectivity index (χ0v) is 9.77. The highest BCUT2D eigenvalue weighted by molar-refractivity contribution is 5.94. The lowest BCUT2D eigenvalue weighted by atomic mass is 10.1. The molecule has 0 radical (unpaired) electrons. The Morgan fingerprint density at radius 1 is 1.50 bits per heavy atom. The number of rotatable bonds is 4. The molecule has 0 saturated heterocycles. The zero-order chi connectivity index (χ0) is 13.7. The van der Waals surface area contributed by atoms with Gasteiger partial charge < -0.3 is 14.9 Å². The van der Waals surface area contributed by atoms with Crippen molar-refractivity contribution in [2.75, 3.05) is 11.9 Å². The first kappa shape index (κ1) is 13.6. The van der Waals surface area contributed by atoms with Crippen LogP contribution in [-0.4, -0.2) is 28.9 Å². The molecule has 18 heavy (non-hydrogen) atoms. The average molecular weight is 251 g/mol. The number of ether oxygens (including phenoxy) is 1. The molecule has 0 spiro atoms. The maximum Gasteiger partial charge on any atom is 0.411 e. The molecule has 1 aromatic carbocycles. The van der Waals surface area contributed by atoms with Gasteiger partial charge in [-0.25, -0.2) is 9.59 Å². The van der Waals surface area contributed by atoms with Gasteiger partial charge in [0.25, 0.3) is 0 Å². The van der Waals surface area contributed by atoms with E-state index in [4.69, 9.17) is 9.84 Å². The van der Waals surface area contributed by atoms with Crippen LogP contribution in [0.3, 0.4) is 0 Å². The molecule has 0 atom stereocenters. The van der Waals surface area contributed by atoms with E-state index in [0.29, 0.717) is 5.56 Å². The van der Waals surface area contributed by atoms with Crippen molar-refractivity contribution in [3.05, 3.63) is 35.9 Å². The molecule has 0 aliphatic carbocycles. The summed E-state index contributed by atoms with van der Waals surface area (Å²) < 4.78 is 4.69. The third-order valence-corrected chi connectivity index (χ3v) is 2.19. The number of phenolic OH excluding ortho intramolecular Hbond substituents is 1. The lowest BCUT2D eigenvalue weighted by Gasteiger charge is -2.11. The Balaban J connectivity index is 2.98. The maximum absolute atomic E-state index is 11.3. The van der Waals surface area contributed by atoms with Gasteiger partial charge in [0.05, 0.1) is 11.3 Å². The molecule has 1 rings (SSSR count). The van der Waals surface area contributed by atoms with Gasteiger partial charge in [0.15, 0.2) is 0 Å². The lowest BCUT2D eigenvalue weighted by molar-refractivity contribution is 0.0695. The number of phenols is 1. The van der Waals surface area contributed by atoms with Crippen LogP contribution in [0.2, 0.25) is 0 Å². The second kappa shape index (κ2) is 5.72. The number of hydrogen-bond acceptors (Lipinski definition) is 4. The highest BCUT2D eigenvalue weighted by Crippen LogP contribution is 2.25. The van der Waals surface area contributed by atoms with Crippen molar-refractivity contribution in [1.29, 1.82) is 0 Å². The number of carboxylic acids is 1. The smallest absolute Gasteiger partial charge is 0.411 e. The average Bonchev–Trinajstić information content (AvgIpc) is 2.30. The number of carbonyl (C=O) groups excluding carboxylic acids is 1. The Kier molecular flexibility index (Phi) is 4.31. The molecular formula is C12H13NO5. The molecular weight excluding hydrogens is 238 g/mol. The fraction of sp³-hybridized carbons (Fsp3) is 0.167. The molecule has 0 aromatic heterocycles. The van der Waals surface area contributed by atoms with Gasteiger partial charge in [-0.15, -0.1) is 0 Å². The van der Waals surface area contributed by atoms with Crippen LogP contribution in [0.25, 0.3) is 0 Å². The third kappa shape index (κ3) is 3.24. The quantitative estimate of drug-likeness (QED) is 0.712. The first-order valence-electron chi connectivity index (χ1n) is 5.07. The predicted molar refractivity (Wildman–Crippen MR) is 65.0 cm³/mol. The molecule has 1 aromatic rings. The van der Waals surface area contributed by atoms with Gasteiger partial charge in [0.2, 0.25) is 0 Å². The van der Waals surface area contributed by atoms with E-state index in [1.54, 1.807) is 0 Å². The Labute approximate surface area is 104 Å². The van der Waals surface area contributed by atoms with Crippen molar-refractivity contribution in [3.8, 4) is 5.75 Å². The number of carboxylic acid groups (broad SMARTS) is 1. The van der Waals surface area contributed by atoms with Crippen molar-refractivity contribution in [2.45, 2.75) is 6.92 Å². The number of aromatic hydroxyl groups is 1. The largest absolute Gasteiger partial charge is 0.508 e. The lowest BCUT2D eigenvalue weighted by Crippen LogP contribution is -2.15. The van der Waals surface area contributed by atoms with Crippen LogP contribution in [0.1, 0.15) is 15.9 Å². The second-order valence-electron chi connectivity index (χ2n) is 3.48. The summed E-state index contributed by atoms with van der Waals surface area (Å²) in [5, 5.41) is 20.7. The molecule has 0 aliphatic heterocycles. The fourth-order valence-corrected chi connectivity index (χ4v) is 1.33. The van der Waals surface area contributed by atoms with Crippen molar-refractivity contribution < 1.29 is 24.5 Å². The van der Waals surface area contributed by atoms with E-state index in [-0.39, 0.29) is 23.6 Å². The summed E-state index contributed by atoms with van der Waals surface area (Å²) in [6.07, 6.45) is 0.650. The fourth-order valence-electron chi connectivity index (χ4n) is 1.33. The summed E-state index contributed by atoms with van der Waals surface area (Å²) in [5.74, 6) is -1.44. The van der Waals surface area contributed by atoms with E-state index in [9.17, 15) is 14.7 Å². The number of carbonyl (C=O) groups is 2. The molecule has 0 heterocycles. The first-order valence-corrected chi connectivity index (χ1v) is 5.07. The highest BCUT2D eigenvalue weighted by atomic mass is 16.5. The number of nitrogens with one attached hydrogen (secondary N) is 1. The van der Waals surface area contributed by atoms with Crippen molar-refractivity contribution in [2.24, 2.45) is 0 Å². The molecule has 6 heteroatoms. The van der Waals surface area contributed by atoms with Crippen LogP contribution in [0.4, 0.5) is 10.5 Å². The van der Waals surface area contributed by atoms with Crippen LogP contribution in [0, 0.1) is 6.92 Å². The monoisotopic (exact) mass is 251 g/mol. The highest BCUT2D eigenvalue weighted by Gasteiger charge is 2.14. The Bertz CT molecular complexity index is 495. The first-order chi connectivity index (χ1) is 8.45. The third-order valence-electron chi connectivity index (χ3n) is 2.19. The zero-order valence-electron chi connectivity index (χ0n) is 9.77. The van der Waals surface area contributed by atoms with Gasteiger partial charge in [-0.3, -0.25) is 5.32 Å². The summed E-state index contributed by atoms with van der Waals surface area (Å²) in [4.78, 5) is 22.2. The van der Waals surface area contributed by atoms with Crippen molar-refractivity contribution >= 4 is 17.7 Å². The van der Waals surface area contributed by atoms with Crippen LogP contribution >= 0.6 is 0 Å². The molecule has 1 amide bonds. The molecule has 0 fully saturated rings. The van der Waals surface area contributed by atoms with Gasteiger partial charge in [-0.1, -0.05) is 12.7 Å². The second-order valence-corrected chi connectivity index (χ2v) is 3.48. The van der Waals surface area contributed by atoms with Crippen molar-refractivity contribution in [3.63, 3.8) is 0 Å². The summed E-state index contributed by atoms with van der Waals surface area (Å²) >= 11 is 0. The molecule has 0 saturated carbocycles. The summed E-state index contributed by atoms with van der Waals surface area (Å²) in [6.45, 7) is 4.94. The topological polar surface area (TPSA) is 95.9 Å². The number of aromatic carboxylic acids is 1. The minimum atomic E-state index is -1.19. The van der Waals surface area contributed by atoms with Crippen LogP contribution in [0.15, 0.2) is 24.8 Å². The Morgan fingerprint density at radius 3 is 2.72 bits per heavy atom. The molecule has 0 aliphatic rings. The molecule has 0 unspecified atom stereocenters. The van der Waals surface area contributed by atoms with Gasteiger partial charge in [-0.05, 0) is 18.6 Å².